The molecule has 0 N–H and O–H groups in total. The van der Waals surface area contributed by atoms with Crippen molar-refractivity contribution in [3.8, 4) is 22.9 Å². The molecule has 0 bridgehead atoms. The van der Waals surface area contributed by atoms with E-state index >= 15 is 0 Å². The van der Waals surface area contributed by atoms with Crippen molar-refractivity contribution in [2.75, 3.05) is 0 Å². The Morgan fingerprint density at radius 1 is 1.00 bits per heavy atom. The molecule has 4 rings (SSSR count). The minimum absolute atomic E-state index is 0.241. The van der Waals surface area contributed by atoms with Gasteiger partial charge >= 0.3 is 0 Å². The van der Waals surface area contributed by atoms with Gasteiger partial charge in [-0.3, -0.25) is 0 Å². The molecule has 1 aromatic heterocycles. The molecule has 154 valence electrons. The number of nitriles is 1. The highest BCUT2D eigenvalue weighted by atomic mass is 32.2. The van der Waals surface area contributed by atoms with E-state index in [-0.39, 0.29) is 6.61 Å². The van der Waals surface area contributed by atoms with E-state index in [1.165, 1.54) is 11.8 Å². The van der Waals surface area contributed by atoms with Gasteiger partial charge in [0.2, 0.25) is 0 Å². The highest BCUT2D eigenvalue weighted by Crippen LogP contribution is 2.27. The smallest absolute Gasteiger partial charge is 0.277 e. The van der Waals surface area contributed by atoms with Crippen molar-refractivity contribution < 1.29 is 9.15 Å². The Morgan fingerprint density at radius 3 is 2.61 bits per heavy atom. The Morgan fingerprint density at radius 2 is 1.81 bits per heavy atom. The van der Waals surface area contributed by atoms with Crippen LogP contribution in [-0.2, 0) is 12.4 Å². The van der Waals surface area contributed by atoms with Crippen LogP contribution in [0, 0.1) is 25.2 Å². The Hall–Kier alpha value is -3.56. The lowest BCUT2D eigenvalue weighted by molar-refractivity contribution is 0.250. The molecule has 0 fully saturated rings. The third-order valence-corrected chi connectivity index (χ3v) is 5.71. The lowest BCUT2D eigenvalue weighted by Gasteiger charge is -2.07. The minimum atomic E-state index is 0.241. The Bertz CT molecular complexity index is 1230. The van der Waals surface area contributed by atoms with Crippen LogP contribution in [-0.4, -0.2) is 10.2 Å². The maximum Gasteiger partial charge on any atom is 0.277 e. The Labute approximate surface area is 185 Å². The van der Waals surface area contributed by atoms with Crippen LogP contribution >= 0.6 is 11.8 Å². The monoisotopic (exact) mass is 427 g/mol. The molecule has 31 heavy (non-hydrogen) atoms. The molecule has 0 atom stereocenters. The highest BCUT2D eigenvalue weighted by Gasteiger charge is 2.10. The molecule has 0 unspecified atom stereocenters. The normalized spacial score (nSPS) is 10.6. The summed E-state index contributed by atoms with van der Waals surface area (Å²) in [5.41, 5.74) is 5.98. The van der Waals surface area contributed by atoms with Crippen molar-refractivity contribution in [1.82, 2.24) is 10.2 Å². The fraction of sp³-hybridized carbons (Fsp3) is 0.160. The predicted octanol–water partition coefficient (Wildman–Crippen LogP) is 6.10. The van der Waals surface area contributed by atoms with Gasteiger partial charge in [-0.15, -0.1) is 10.2 Å². The molecule has 0 radical (unpaired) electrons. The first kappa shape index (κ1) is 20.7. The number of nitrogens with zero attached hydrogens (tertiary/aromatic N) is 3. The number of aromatic nitrogens is 2. The third kappa shape index (κ3) is 5.14. The van der Waals surface area contributed by atoms with Gasteiger partial charge in [0.15, 0.2) is 6.61 Å². The van der Waals surface area contributed by atoms with Gasteiger partial charge in [-0.2, -0.15) is 5.26 Å². The molecule has 0 spiro atoms. The van der Waals surface area contributed by atoms with Crippen LogP contribution in [0.15, 0.2) is 76.4 Å². The van der Waals surface area contributed by atoms with Crippen molar-refractivity contribution in [2.45, 2.75) is 31.4 Å². The van der Waals surface area contributed by atoms with Gasteiger partial charge in [-0.25, -0.2) is 0 Å². The first-order valence-corrected chi connectivity index (χ1v) is 10.8. The molecule has 6 heteroatoms. The van der Waals surface area contributed by atoms with Gasteiger partial charge in [0.05, 0.1) is 11.6 Å². The summed E-state index contributed by atoms with van der Waals surface area (Å²) in [4.78, 5) is 0. The number of hydrogen-bond acceptors (Lipinski definition) is 6. The van der Waals surface area contributed by atoms with Crippen LogP contribution in [0.25, 0.3) is 11.1 Å². The largest absolute Gasteiger partial charge is 0.484 e. The maximum atomic E-state index is 9.29. The van der Waals surface area contributed by atoms with Crippen molar-refractivity contribution >= 4 is 11.8 Å². The second-order valence-corrected chi connectivity index (χ2v) is 8.09. The standard InChI is InChI=1S/C25H21N3O2S/c1-17-7-8-18(2)23(13-17)29-15-24-27-28-25(30-24)31-16-19-9-11-20(12-10-19)22-6-4-3-5-21(22)14-26/h3-13H,15-16H2,1-2H3. The van der Waals surface area contributed by atoms with Crippen molar-refractivity contribution in [3.63, 3.8) is 0 Å². The molecular formula is C25H21N3O2S. The minimum Gasteiger partial charge on any atom is -0.484 e. The third-order valence-electron chi connectivity index (χ3n) is 4.82. The van der Waals surface area contributed by atoms with E-state index in [9.17, 15) is 5.26 Å². The second kappa shape index (κ2) is 9.50. The molecule has 1 heterocycles. The van der Waals surface area contributed by atoms with Crippen LogP contribution in [0.5, 0.6) is 5.75 Å². The van der Waals surface area contributed by atoms with Crippen LogP contribution < -0.4 is 4.74 Å². The average molecular weight is 428 g/mol. The summed E-state index contributed by atoms with van der Waals surface area (Å²) >= 11 is 1.48. The average Bonchev–Trinajstić information content (AvgIpc) is 3.26. The summed E-state index contributed by atoms with van der Waals surface area (Å²) in [7, 11) is 0. The number of benzene rings is 3. The molecule has 3 aromatic carbocycles. The number of hydrogen-bond donors (Lipinski definition) is 0. The fourth-order valence-corrected chi connectivity index (χ4v) is 3.85. The van der Waals surface area contributed by atoms with E-state index in [2.05, 4.69) is 34.5 Å². The molecule has 0 saturated carbocycles. The summed E-state index contributed by atoms with van der Waals surface area (Å²) in [5, 5.41) is 18.0. The lowest BCUT2D eigenvalue weighted by Crippen LogP contribution is -1.97. The zero-order valence-electron chi connectivity index (χ0n) is 17.3. The molecule has 4 aromatic rings. The Kier molecular flexibility index (Phi) is 6.34. The lowest BCUT2D eigenvalue weighted by atomic mass is 10.00. The van der Waals surface area contributed by atoms with Crippen LogP contribution in [0.2, 0.25) is 0 Å². The molecule has 0 aliphatic rings. The van der Waals surface area contributed by atoms with Gasteiger partial charge in [0.25, 0.3) is 11.1 Å². The summed E-state index contributed by atoms with van der Waals surface area (Å²) in [6.45, 7) is 4.28. The number of rotatable bonds is 7. The highest BCUT2D eigenvalue weighted by molar-refractivity contribution is 7.98. The molecule has 0 aliphatic heterocycles. The van der Waals surface area contributed by atoms with Gasteiger partial charge < -0.3 is 9.15 Å². The zero-order valence-corrected chi connectivity index (χ0v) is 18.1. The molecule has 0 saturated heterocycles. The summed E-state index contributed by atoms with van der Waals surface area (Å²) < 4.78 is 11.5. The van der Waals surface area contributed by atoms with E-state index < -0.39 is 0 Å². The fourth-order valence-electron chi connectivity index (χ4n) is 3.12. The molecule has 5 nitrogen and oxygen atoms in total. The molecular weight excluding hydrogens is 406 g/mol. The van der Waals surface area contributed by atoms with E-state index in [4.69, 9.17) is 9.15 Å². The summed E-state index contributed by atoms with van der Waals surface area (Å²) in [5.74, 6) is 1.98. The van der Waals surface area contributed by atoms with Gasteiger partial charge in [-0.1, -0.05) is 66.4 Å². The predicted molar refractivity (Wildman–Crippen MR) is 121 cm³/mol. The number of thioether (sulfide) groups is 1. The summed E-state index contributed by atoms with van der Waals surface area (Å²) in [6, 6.07) is 24.1. The SMILES string of the molecule is Cc1ccc(C)c(OCc2nnc(SCc3ccc(-c4ccccc4C#N)cc3)o2)c1. The first-order chi connectivity index (χ1) is 15.1. The van der Waals surface area contributed by atoms with Crippen LogP contribution in [0.3, 0.4) is 0 Å². The van der Waals surface area contributed by atoms with Crippen molar-refractivity contribution in [3.05, 3.63) is 94.9 Å². The molecule has 0 aliphatic carbocycles. The quantitative estimate of drug-likeness (QED) is 0.332. The van der Waals surface area contributed by atoms with Gasteiger partial charge in [0.1, 0.15) is 5.75 Å². The van der Waals surface area contributed by atoms with Crippen LogP contribution in [0.1, 0.15) is 28.1 Å². The van der Waals surface area contributed by atoms with Gasteiger partial charge in [-0.05, 0) is 53.8 Å². The van der Waals surface area contributed by atoms with E-state index in [0.717, 1.165) is 33.6 Å². The van der Waals surface area contributed by atoms with Gasteiger partial charge in [0, 0.05) is 5.75 Å². The van der Waals surface area contributed by atoms with E-state index in [1.54, 1.807) is 0 Å². The van der Waals surface area contributed by atoms with E-state index in [1.807, 2.05) is 62.4 Å². The first-order valence-electron chi connectivity index (χ1n) is 9.86. The summed E-state index contributed by atoms with van der Waals surface area (Å²) in [6.07, 6.45) is 0. The van der Waals surface area contributed by atoms with Crippen LogP contribution in [0.4, 0.5) is 0 Å². The van der Waals surface area contributed by atoms with Crippen molar-refractivity contribution in [2.24, 2.45) is 0 Å². The zero-order chi connectivity index (χ0) is 21.6. The second-order valence-electron chi connectivity index (χ2n) is 7.16. The van der Waals surface area contributed by atoms with E-state index in [0.29, 0.717) is 22.4 Å². The maximum absolute atomic E-state index is 9.29. The Balaban J connectivity index is 1.34. The number of ether oxygens (including phenoxy) is 1. The molecule has 0 amide bonds. The van der Waals surface area contributed by atoms with Crippen molar-refractivity contribution in [1.29, 1.82) is 5.26 Å². The topological polar surface area (TPSA) is 71.9 Å². The number of aryl methyl sites for hydroxylation is 2.